The highest BCUT2D eigenvalue weighted by Crippen LogP contribution is 2.28. The SMILES string of the molecule is CNC(C(=O)NC=O)c1c[nH]c2c(Cl)cccc12. The molecular formula is C12H12ClN3O2. The highest BCUT2D eigenvalue weighted by Gasteiger charge is 2.21. The van der Waals surface area contributed by atoms with Crippen molar-refractivity contribution < 1.29 is 9.59 Å². The Morgan fingerprint density at radius 2 is 2.28 bits per heavy atom. The van der Waals surface area contributed by atoms with Gasteiger partial charge in [-0.1, -0.05) is 23.7 Å². The van der Waals surface area contributed by atoms with Gasteiger partial charge in [0.2, 0.25) is 12.3 Å². The number of aromatic amines is 1. The molecule has 0 fully saturated rings. The summed E-state index contributed by atoms with van der Waals surface area (Å²) in [6.45, 7) is 0. The molecule has 0 aliphatic carbocycles. The van der Waals surface area contributed by atoms with E-state index in [1.165, 1.54) is 0 Å². The number of para-hydroxylation sites is 1. The number of carbonyl (C=O) groups excluding carboxylic acids is 2. The lowest BCUT2D eigenvalue weighted by molar-refractivity contribution is -0.126. The third kappa shape index (κ3) is 2.10. The van der Waals surface area contributed by atoms with Crippen LogP contribution in [-0.2, 0) is 9.59 Å². The Labute approximate surface area is 109 Å². The lowest BCUT2D eigenvalue weighted by Gasteiger charge is -2.13. The van der Waals surface area contributed by atoms with E-state index in [-0.39, 0.29) is 0 Å². The molecule has 0 aliphatic heterocycles. The second-order valence-corrected chi connectivity index (χ2v) is 4.16. The minimum absolute atomic E-state index is 0.370. The van der Waals surface area contributed by atoms with Gasteiger partial charge >= 0.3 is 0 Å². The van der Waals surface area contributed by atoms with Crippen molar-refractivity contribution >= 4 is 34.8 Å². The molecule has 1 atom stereocenters. The smallest absolute Gasteiger partial charge is 0.248 e. The molecule has 0 aliphatic rings. The number of nitrogens with one attached hydrogen (secondary N) is 3. The third-order valence-electron chi connectivity index (χ3n) is 2.76. The zero-order valence-electron chi connectivity index (χ0n) is 9.66. The molecule has 1 aromatic carbocycles. The predicted octanol–water partition coefficient (Wildman–Crippen LogP) is 1.35. The van der Waals surface area contributed by atoms with Crippen LogP contribution in [0.3, 0.4) is 0 Å². The number of fused-ring (bicyclic) bond motifs is 1. The molecule has 3 N–H and O–H groups in total. The molecular weight excluding hydrogens is 254 g/mol. The quantitative estimate of drug-likeness (QED) is 0.731. The van der Waals surface area contributed by atoms with Crippen LogP contribution >= 0.6 is 11.6 Å². The minimum atomic E-state index is -0.609. The zero-order chi connectivity index (χ0) is 13.1. The second-order valence-electron chi connectivity index (χ2n) is 3.75. The van der Waals surface area contributed by atoms with Gasteiger partial charge in [-0.2, -0.15) is 0 Å². The molecule has 0 radical (unpaired) electrons. The Bertz CT molecular complexity index is 594. The number of H-pyrrole nitrogens is 1. The van der Waals surface area contributed by atoms with Gasteiger partial charge in [-0.15, -0.1) is 0 Å². The Hall–Kier alpha value is -1.85. The number of aromatic nitrogens is 1. The summed E-state index contributed by atoms with van der Waals surface area (Å²) in [5.74, 6) is -0.409. The number of benzene rings is 1. The molecule has 18 heavy (non-hydrogen) atoms. The van der Waals surface area contributed by atoms with Crippen LogP contribution in [0.2, 0.25) is 5.02 Å². The number of hydrogen-bond donors (Lipinski definition) is 3. The molecule has 0 bridgehead atoms. The first kappa shape index (κ1) is 12.6. The van der Waals surface area contributed by atoms with Crippen LogP contribution in [0.5, 0.6) is 0 Å². The normalized spacial score (nSPS) is 12.3. The largest absolute Gasteiger partial charge is 0.360 e. The summed E-state index contributed by atoms with van der Waals surface area (Å²) in [4.78, 5) is 25.1. The Kier molecular flexibility index (Phi) is 3.64. The van der Waals surface area contributed by atoms with E-state index in [1.54, 1.807) is 19.3 Å². The van der Waals surface area contributed by atoms with Gasteiger partial charge in [0.05, 0.1) is 10.5 Å². The number of rotatable bonds is 4. The van der Waals surface area contributed by atoms with Crippen LogP contribution in [0, 0.1) is 0 Å². The van der Waals surface area contributed by atoms with Gasteiger partial charge < -0.3 is 10.3 Å². The average molecular weight is 266 g/mol. The van der Waals surface area contributed by atoms with E-state index in [0.717, 1.165) is 16.5 Å². The summed E-state index contributed by atoms with van der Waals surface area (Å²) in [6.07, 6.45) is 2.08. The molecule has 2 amide bonds. The van der Waals surface area contributed by atoms with Gasteiger partial charge in [0.25, 0.3) is 0 Å². The van der Waals surface area contributed by atoms with Crippen molar-refractivity contribution in [1.29, 1.82) is 0 Å². The summed E-state index contributed by atoms with van der Waals surface area (Å²) < 4.78 is 0. The first-order valence-electron chi connectivity index (χ1n) is 5.35. The molecule has 1 unspecified atom stereocenters. The fourth-order valence-corrected chi connectivity index (χ4v) is 2.18. The van der Waals surface area contributed by atoms with Crippen LogP contribution < -0.4 is 10.6 Å². The lowest BCUT2D eigenvalue weighted by atomic mass is 10.1. The zero-order valence-corrected chi connectivity index (χ0v) is 10.4. The monoisotopic (exact) mass is 265 g/mol. The van der Waals surface area contributed by atoms with Crippen molar-refractivity contribution in [2.24, 2.45) is 0 Å². The van der Waals surface area contributed by atoms with Crippen LogP contribution in [0.25, 0.3) is 10.9 Å². The Balaban J connectivity index is 2.49. The highest BCUT2D eigenvalue weighted by atomic mass is 35.5. The predicted molar refractivity (Wildman–Crippen MR) is 69.3 cm³/mol. The van der Waals surface area contributed by atoms with E-state index in [0.29, 0.717) is 11.4 Å². The molecule has 0 saturated heterocycles. The minimum Gasteiger partial charge on any atom is -0.360 e. The topological polar surface area (TPSA) is 74.0 Å². The van der Waals surface area contributed by atoms with Crippen molar-refractivity contribution in [2.45, 2.75) is 6.04 Å². The van der Waals surface area contributed by atoms with Gasteiger partial charge in [-0.25, -0.2) is 0 Å². The van der Waals surface area contributed by atoms with Crippen molar-refractivity contribution in [3.63, 3.8) is 0 Å². The summed E-state index contributed by atoms with van der Waals surface area (Å²) in [5, 5.41) is 6.44. The number of halogens is 1. The molecule has 0 spiro atoms. The summed E-state index contributed by atoms with van der Waals surface area (Å²) >= 11 is 6.05. The van der Waals surface area contributed by atoms with E-state index < -0.39 is 11.9 Å². The maximum atomic E-state index is 11.7. The molecule has 6 heteroatoms. The van der Waals surface area contributed by atoms with E-state index in [1.807, 2.05) is 12.1 Å². The van der Waals surface area contributed by atoms with Gasteiger partial charge in [0.1, 0.15) is 6.04 Å². The van der Waals surface area contributed by atoms with E-state index in [2.05, 4.69) is 15.6 Å². The Morgan fingerprint density at radius 1 is 1.50 bits per heavy atom. The maximum Gasteiger partial charge on any atom is 0.248 e. The van der Waals surface area contributed by atoms with Crippen LogP contribution in [-0.4, -0.2) is 24.3 Å². The molecule has 1 heterocycles. The standard InChI is InChI=1S/C12H12ClN3O2/c1-14-11(12(18)16-6-17)8-5-15-10-7(8)3-2-4-9(10)13/h2-6,11,14-15H,1H3,(H,16,17,18). The van der Waals surface area contributed by atoms with Crippen LogP contribution in [0.1, 0.15) is 11.6 Å². The molecule has 94 valence electrons. The third-order valence-corrected chi connectivity index (χ3v) is 3.07. The first-order valence-corrected chi connectivity index (χ1v) is 5.73. The Morgan fingerprint density at radius 3 is 2.94 bits per heavy atom. The van der Waals surface area contributed by atoms with Gasteiger partial charge in [0.15, 0.2) is 0 Å². The van der Waals surface area contributed by atoms with Crippen molar-refractivity contribution in [3.8, 4) is 0 Å². The van der Waals surface area contributed by atoms with Crippen LogP contribution in [0.15, 0.2) is 24.4 Å². The summed E-state index contributed by atoms with van der Waals surface area (Å²) in [6, 6.07) is 4.84. The number of amides is 2. The molecule has 0 saturated carbocycles. The van der Waals surface area contributed by atoms with Crippen molar-refractivity contribution in [2.75, 3.05) is 7.05 Å². The van der Waals surface area contributed by atoms with E-state index >= 15 is 0 Å². The van der Waals surface area contributed by atoms with Gasteiger partial charge in [0, 0.05) is 17.1 Å². The number of carbonyl (C=O) groups is 2. The van der Waals surface area contributed by atoms with Crippen molar-refractivity contribution in [3.05, 3.63) is 35.0 Å². The van der Waals surface area contributed by atoms with Crippen LogP contribution in [0.4, 0.5) is 0 Å². The molecule has 5 nitrogen and oxygen atoms in total. The first-order chi connectivity index (χ1) is 8.69. The summed E-state index contributed by atoms with van der Waals surface area (Å²) in [5.41, 5.74) is 1.52. The second kappa shape index (κ2) is 5.20. The summed E-state index contributed by atoms with van der Waals surface area (Å²) in [7, 11) is 1.65. The number of imide groups is 1. The van der Waals surface area contributed by atoms with E-state index in [9.17, 15) is 9.59 Å². The fraction of sp³-hybridized carbons (Fsp3) is 0.167. The molecule has 1 aromatic heterocycles. The van der Waals surface area contributed by atoms with Gasteiger partial charge in [-0.05, 0) is 13.1 Å². The molecule has 2 aromatic rings. The van der Waals surface area contributed by atoms with Crippen molar-refractivity contribution in [1.82, 2.24) is 15.6 Å². The fourth-order valence-electron chi connectivity index (χ4n) is 1.95. The maximum absolute atomic E-state index is 11.7. The van der Waals surface area contributed by atoms with E-state index in [4.69, 9.17) is 11.6 Å². The lowest BCUT2D eigenvalue weighted by Crippen LogP contribution is -2.35. The highest BCUT2D eigenvalue weighted by molar-refractivity contribution is 6.35. The molecule has 2 rings (SSSR count). The average Bonchev–Trinajstić information content (AvgIpc) is 2.76. The number of likely N-dealkylation sites (N-methyl/N-ethyl adjacent to an activating group) is 1. The number of hydrogen-bond acceptors (Lipinski definition) is 3. The van der Waals surface area contributed by atoms with Gasteiger partial charge in [-0.3, -0.25) is 14.9 Å².